The minimum absolute atomic E-state index is 0.102. The van der Waals surface area contributed by atoms with E-state index < -0.39 is 0 Å². The monoisotopic (exact) mass is 275 g/mol. The minimum Gasteiger partial charge on any atom is -0.355 e. The zero-order valence-corrected chi connectivity index (χ0v) is 11.7. The van der Waals surface area contributed by atoms with E-state index >= 15 is 0 Å². The van der Waals surface area contributed by atoms with Crippen molar-refractivity contribution in [1.29, 1.82) is 0 Å². The number of hydrogen-bond acceptors (Lipinski definition) is 3. The van der Waals surface area contributed by atoms with Gasteiger partial charge >= 0.3 is 0 Å². The van der Waals surface area contributed by atoms with Crippen LogP contribution in [-0.2, 0) is 11.3 Å². The van der Waals surface area contributed by atoms with Gasteiger partial charge in [0.05, 0.1) is 0 Å². The lowest BCUT2D eigenvalue weighted by Gasteiger charge is -2.21. The fourth-order valence-electron chi connectivity index (χ4n) is 2.34. The van der Waals surface area contributed by atoms with Gasteiger partial charge in [-0.1, -0.05) is 12.1 Å². The Kier molecular flexibility index (Phi) is 5.12. The third kappa shape index (κ3) is 3.81. The molecule has 0 aliphatic carbocycles. The topological polar surface area (TPSA) is 70.2 Å². The van der Waals surface area contributed by atoms with Gasteiger partial charge in [-0.2, -0.15) is 0 Å². The van der Waals surface area contributed by atoms with Crippen LogP contribution in [0, 0.1) is 5.92 Å². The molecule has 1 saturated heterocycles. The average Bonchev–Trinajstić information content (AvgIpc) is 2.53. The Morgan fingerprint density at radius 2 is 1.85 bits per heavy atom. The van der Waals surface area contributed by atoms with Crippen molar-refractivity contribution in [2.24, 2.45) is 5.92 Å². The summed E-state index contributed by atoms with van der Waals surface area (Å²) < 4.78 is 0. The SMILES string of the molecule is CNC(=O)c1ccc(CNC(=O)C2CCNCC2)cc1. The number of hydrogen-bond donors (Lipinski definition) is 3. The normalized spacial score (nSPS) is 15.7. The summed E-state index contributed by atoms with van der Waals surface area (Å²) in [6.45, 7) is 2.34. The summed E-state index contributed by atoms with van der Waals surface area (Å²) in [5, 5.41) is 8.79. The molecular formula is C15H21N3O2. The lowest BCUT2D eigenvalue weighted by atomic mass is 9.97. The first-order valence-corrected chi connectivity index (χ1v) is 7.00. The molecule has 1 fully saturated rings. The molecule has 20 heavy (non-hydrogen) atoms. The summed E-state index contributed by atoms with van der Waals surface area (Å²) in [4.78, 5) is 23.4. The highest BCUT2D eigenvalue weighted by Gasteiger charge is 2.20. The Morgan fingerprint density at radius 1 is 1.20 bits per heavy atom. The lowest BCUT2D eigenvalue weighted by molar-refractivity contribution is -0.125. The Bertz CT molecular complexity index is 465. The fraction of sp³-hybridized carbons (Fsp3) is 0.467. The van der Waals surface area contributed by atoms with Gasteiger partial charge in [0, 0.05) is 25.1 Å². The molecule has 0 radical (unpaired) electrons. The summed E-state index contributed by atoms with van der Waals surface area (Å²) in [5.41, 5.74) is 1.63. The van der Waals surface area contributed by atoms with Gasteiger partial charge in [-0.15, -0.1) is 0 Å². The van der Waals surface area contributed by atoms with Crippen LogP contribution in [0.5, 0.6) is 0 Å². The molecule has 0 unspecified atom stereocenters. The third-order valence-corrected chi connectivity index (χ3v) is 3.62. The number of piperidine rings is 1. The molecule has 3 N–H and O–H groups in total. The zero-order valence-electron chi connectivity index (χ0n) is 11.7. The third-order valence-electron chi connectivity index (χ3n) is 3.62. The van der Waals surface area contributed by atoms with Crippen LogP contribution >= 0.6 is 0 Å². The van der Waals surface area contributed by atoms with Crippen LogP contribution < -0.4 is 16.0 Å². The van der Waals surface area contributed by atoms with Gasteiger partial charge in [0.2, 0.25) is 5.91 Å². The fourth-order valence-corrected chi connectivity index (χ4v) is 2.34. The van der Waals surface area contributed by atoms with Crippen molar-refractivity contribution >= 4 is 11.8 Å². The largest absolute Gasteiger partial charge is 0.355 e. The van der Waals surface area contributed by atoms with Crippen molar-refractivity contribution in [2.75, 3.05) is 20.1 Å². The quantitative estimate of drug-likeness (QED) is 0.756. The molecule has 5 nitrogen and oxygen atoms in total. The highest BCUT2D eigenvalue weighted by molar-refractivity contribution is 5.93. The number of rotatable bonds is 4. The van der Waals surface area contributed by atoms with E-state index in [2.05, 4.69) is 16.0 Å². The first-order valence-electron chi connectivity index (χ1n) is 7.00. The van der Waals surface area contributed by atoms with Crippen LogP contribution in [0.1, 0.15) is 28.8 Å². The molecule has 0 spiro atoms. The first-order chi connectivity index (χ1) is 9.70. The molecule has 0 bridgehead atoms. The van der Waals surface area contributed by atoms with Crippen molar-refractivity contribution in [3.8, 4) is 0 Å². The van der Waals surface area contributed by atoms with Crippen LogP contribution in [0.15, 0.2) is 24.3 Å². The Balaban J connectivity index is 1.84. The van der Waals surface area contributed by atoms with Gasteiger partial charge in [-0.3, -0.25) is 9.59 Å². The molecule has 5 heteroatoms. The van der Waals surface area contributed by atoms with Crippen LogP contribution in [0.3, 0.4) is 0 Å². The number of nitrogens with one attached hydrogen (secondary N) is 3. The highest BCUT2D eigenvalue weighted by Crippen LogP contribution is 2.12. The number of benzene rings is 1. The Morgan fingerprint density at radius 3 is 2.45 bits per heavy atom. The summed E-state index contributed by atoms with van der Waals surface area (Å²) in [7, 11) is 1.61. The van der Waals surface area contributed by atoms with E-state index in [1.54, 1.807) is 19.2 Å². The van der Waals surface area contributed by atoms with E-state index in [1.165, 1.54) is 0 Å². The molecule has 1 aromatic rings. The van der Waals surface area contributed by atoms with E-state index in [1.807, 2.05) is 12.1 Å². The van der Waals surface area contributed by atoms with E-state index in [0.717, 1.165) is 31.5 Å². The summed E-state index contributed by atoms with van der Waals surface area (Å²) in [6.07, 6.45) is 1.81. The van der Waals surface area contributed by atoms with E-state index in [4.69, 9.17) is 0 Å². The summed E-state index contributed by atoms with van der Waals surface area (Å²) >= 11 is 0. The van der Waals surface area contributed by atoms with Gasteiger partial charge in [0.25, 0.3) is 5.91 Å². The van der Waals surface area contributed by atoms with Crippen LogP contribution in [0.4, 0.5) is 0 Å². The average molecular weight is 275 g/mol. The number of amides is 2. The molecule has 0 saturated carbocycles. The van der Waals surface area contributed by atoms with Crippen LogP contribution in [0.2, 0.25) is 0 Å². The number of carbonyl (C=O) groups excluding carboxylic acids is 2. The number of carbonyl (C=O) groups is 2. The van der Waals surface area contributed by atoms with E-state index in [0.29, 0.717) is 12.1 Å². The standard InChI is InChI=1S/C15H21N3O2/c1-16-14(19)12-4-2-11(3-5-12)10-18-15(20)13-6-8-17-9-7-13/h2-5,13,17H,6-10H2,1H3,(H,16,19)(H,18,20). The van der Waals surface area contributed by atoms with Crippen molar-refractivity contribution in [2.45, 2.75) is 19.4 Å². The molecule has 1 aliphatic heterocycles. The maximum absolute atomic E-state index is 12.0. The second-order valence-corrected chi connectivity index (χ2v) is 5.02. The highest BCUT2D eigenvalue weighted by atomic mass is 16.2. The summed E-state index contributed by atoms with van der Waals surface area (Å²) in [6, 6.07) is 7.27. The maximum Gasteiger partial charge on any atom is 0.251 e. The van der Waals surface area contributed by atoms with Crippen molar-refractivity contribution in [3.63, 3.8) is 0 Å². The molecule has 0 atom stereocenters. The van der Waals surface area contributed by atoms with Gasteiger partial charge < -0.3 is 16.0 Å². The molecule has 108 valence electrons. The molecular weight excluding hydrogens is 254 g/mol. The second-order valence-electron chi connectivity index (χ2n) is 5.02. The minimum atomic E-state index is -0.102. The first kappa shape index (κ1) is 14.5. The predicted octanol–water partition coefficient (Wildman–Crippen LogP) is 0.662. The zero-order chi connectivity index (χ0) is 14.4. The van der Waals surface area contributed by atoms with Gasteiger partial charge in [0.15, 0.2) is 0 Å². The van der Waals surface area contributed by atoms with Gasteiger partial charge in [-0.05, 0) is 43.6 Å². The lowest BCUT2D eigenvalue weighted by Crippen LogP contribution is -2.37. The smallest absolute Gasteiger partial charge is 0.251 e. The van der Waals surface area contributed by atoms with Crippen LogP contribution in [-0.4, -0.2) is 32.0 Å². The van der Waals surface area contributed by atoms with Crippen molar-refractivity contribution in [3.05, 3.63) is 35.4 Å². The van der Waals surface area contributed by atoms with E-state index in [9.17, 15) is 9.59 Å². The summed E-state index contributed by atoms with van der Waals surface area (Å²) in [5.74, 6) is 0.151. The Hall–Kier alpha value is -1.88. The van der Waals surface area contributed by atoms with Gasteiger partial charge in [0.1, 0.15) is 0 Å². The molecule has 2 rings (SSSR count). The maximum atomic E-state index is 12.0. The molecule has 2 amide bonds. The predicted molar refractivity (Wildman–Crippen MR) is 77.3 cm³/mol. The second kappa shape index (κ2) is 7.05. The van der Waals surface area contributed by atoms with E-state index in [-0.39, 0.29) is 17.7 Å². The van der Waals surface area contributed by atoms with Crippen molar-refractivity contribution < 1.29 is 9.59 Å². The van der Waals surface area contributed by atoms with Gasteiger partial charge in [-0.25, -0.2) is 0 Å². The molecule has 0 aromatic heterocycles. The molecule has 1 heterocycles. The molecule has 1 aliphatic rings. The van der Waals surface area contributed by atoms with Crippen LogP contribution in [0.25, 0.3) is 0 Å². The van der Waals surface area contributed by atoms with Crippen molar-refractivity contribution in [1.82, 2.24) is 16.0 Å². The molecule has 1 aromatic carbocycles. The Labute approximate surface area is 119 Å².